The molecular weight excluding hydrogens is 357 g/mol. The van der Waals surface area contributed by atoms with Crippen LogP contribution in [0.2, 0.25) is 0 Å². The zero-order valence-electron chi connectivity index (χ0n) is 16.6. The highest BCUT2D eigenvalue weighted by Gasteiger charge is 2.24. The van der Waals surface area contributed by atoms with Gasteiger partial charge in [-0.15, -0.1) is 0 Å². The first-order valence-electron chi connectivity index (χ1n) is 9.96. The Balaban J connectivity index is 1.59. The van der Waals surface area contributed by atoms with Crippen molar-refractivity contribution in [2.45, 2.75) is 33.1 Å². The maximum atomic E-state index is 13.1. The van der Waals surface area contributed by atoms with Crippen molar-refractivity contribution in [2.24, 2.45) is 0 Å². The summed E-state index contributed by atoms with van der Waals surface area (Å²) in [5.41, 5.74) is 2.19. The molecule has 1 aliphatic rings. The third-order valence-electron chi connectivity index (χ3n) is 4.90. The van der Waals surface area contributed by atoms with E-state index in [9.17, 15) is 9.18 Å². The first-order valence-corrected chi connectivity index (χ1v) is 9.96. The minimum absolute atomic E-state index is 0.0686. The number of piperazine rings is 1. The van der Waals surface area contributed by atoms with Crippen molar-refractivity contribution in [2.75, 3.05) is 42.9 Å². The number of aromatic nitrogens is 2. The highest BCUT2D eigenvalue weighted by Crippen LogP contribution is 2.18. The van der Waals surface area contributed by atoms with Crippen LogP contribution in [0, 0.1) is 12.7 Å². The summed E-state index contributed by atoms with van der Waals surface area (Å²) in [4.78, 5) is 25.7. The quantitative estimate of drug-likeness (QED) is 0.740. The third-order valence-corrected chi connectivity index (χ3v) is 4.90. The van der Waals surface area contributed by atoms with E-state index >= 15 is 0 Å². The van der Waals surface area contributed by atoms with Crippen LogP contribution in [0.25, 0.3) is 0 Å². The lowest BCUT2D eigenvalue weighted by Gasteiger charge is -2.36. The van der Waals surface area contributed by atoms with Gasteiger partial charge in [-0.1, -0.05) is 19.8 Å². The van der Waals surface area contributed by atoms with Crippen molar-refractivity contribution in [1.82, 2.24) is 14.9 Å². The smallest absolute Gasteiger partial charge is 0.272 e. The number of nitrogens with zero attached hydrogens (tertiary/aromatic N) is 4. The Labute approximate surface area is 165 Å². The zero-order chi connectivity index (χ0) is 19.9. The second kappa shape index (κ2) is 9.48. The molecule has 0 bridgehead atoms. The normalized spacial score (nSPS) is 14.2. The highest BCUT2D eigenvalue weighted by molar-refractivity contribution is 5.92. The molecule has 7 heteroatoms. The summed E-state index contributed by atoms with van der Waals surface area (Å²) in [6, 6.07) is 8.22. The van der Waals surface area contributed by atoms with Gasteiger partial charge in [0.05, 0.1) is 0 Å². The summed E-state index contributed by atoms with van der Waals surface area (Å²) in [6.45, 7) is 7.49. The van der Waals surface area contributed by atoms with Gasteiger partial charge in [-0.25, -0.2) is 14.4 Å². The van der Waals surface area contributed by atoms with Gasteiger partial charge in [-0.2, -0.15) is 0 Å². The van der Waals surface area contributed by atoms with E-state index in [0.29, 0.717) is 37.8 Å². The molecule has 1 aliphatic heterocycles. The monoisotopic (exact) mass is 385 g/mol. The van der Waals surface area contributed by atoms with Gasteiger partial charge in [0, 0.05) is 44.1 Å². The Hall–Kier alpha value is -2.70. The maximum absolute atomic E-state index is 13.1. The number of hydrogen-bond donors (Lipinski definition) is 1. The van der Waals surface area contributed by atoms with Gasteiger partial charge in [0.15, 0.2) is 0 Å². The second-order valence-corrected chi connectivity index (χ2v) is 7.11. The minimum atomic E-state index is -0.240. The molecule has 2 heterocycles. The molecule has 6 nitrogen and oxygen atoms in total. The lowest BCUT2D eigenvalue weighted by Crippen LogP contribution is -2.49. The minimum Gasteiger partial charge on any atom is -0.368 e. The third kappa shape index (κ3) is 5.18. The van der Waals surface area contributed by atoms with E-state index in [1.54, 1.807) is 18.2 Å². The van der Waals surface area contributed by atoms with Gasteiger partial charge >= 0.3 is 0 Å². The highest BCUT2D eigenvalue weighted by atomic mass is 19.1. The van der Waals surface area contributed by atoms with Gasteiger partial charge in [-0.3, -0.25) is 4.79 Å². The second-order valence-electron chi connectivity index (χ2n) is 7.11. The van der Waals surface area contributed by atoms with Crippen LogP contribution in [0.3, 0.4) is 0 Å². The average molecular weight is 385 g/mol. The van der Waals surface area contributed by atoms with Crippen molar-refractivity contribution >= 4 is 17.5 Å². The van der Waals surface area contributed by atoms with Crippen LogP contribution in [-0.2, 0) is 0 Å². The molecule has 1 aromatic carbocycles. The molecule has 1 fully saturated rings. The largest absolute Gasteiger partial charge is 0.368 e. The molecule has 1 N–H and O–H groups in total. The van der Waals surface area contributed by atoms with E-state index in [4.69, 9.17) is 0 Å². The number of carbonyl (C=O) groups is 1. The number of anilines is 2. The number of benzene rings is 1. The summed E-state index contributed by atoms with van der Waals surface area (Å²) < 4.78 is 13.1. The topological polar surface area (TPSA) is 61.4 Å². The molecule has 1 saturated heterocycles. The molecule has 1 aromatic heterocycles. The van der Waals surface area contributed by atoms with Gasteiger partial charge < -0.3 is 15.1 Å². The van der Waals surface area contributed by atoms with Crippen LogP contribution in [-0.4, -0.2) is 53.5 Å². The predicted molar refractivity (Wildman–Crippen MR) is 109 cm³/mol. The molecule has 0 radical (unpaired) electrons. The van der Waals surface area contributed by atoms with Crippen molar-refractivity contribution in [3.8, 4) is 0 Å². The number of aryl methyl sites for hydroxylation is 1. The molecule has 0 spiro atoms. The van der Waals surface area contributed by atoms with E-state index in [1.807, 2.05) is 11.8 Å². The molecule has 2 aromatic rings. The number of amides is 1. The molecule has 1 amide bonds. The maximum Gasteiger partial charge on any atom is 0.272 e. The van der Waals surface area contributed by atoms with E-state index < -0.39 is 0 Å². The molecular formula is C21H28FN5O. The first kappa shape index (κ1) is 20.0. The van der Waals surface area contributed by atoms with Crippen LogP contribution in [0.1, 0.15) is 42.4 Å². The average Bonchev–Trinajstić information content (AvgIpc) is 2.71. The SMILES string of the molecule is CCCCCNc1nc(C)cc(C(=O)N2CCN(c3ccc(F)cc3)CC2)n1. The molecule has 0 saturated carbocycles. The van der Waals surface area contributed by atoms with Crippen LogP contribution in [0.5, 0.6) is 0 Å². The van der Waals surface area contributed by atoms with Crippen LogP contribution in [0.4, 0.5) is 16.0 Å². The van der Waals surface area contributed by atoms with E-state index in [0.717, 1.165) is 37.2 Å². The molecule has 3 rings (SSSR count). The Kier molecular flexibility index (Phi) is 6.79. The fraction of sp³-hybridized carbons (Fsp3) is 0.476. The summed E-state index contributed by atoms with van der Waals surface area (Å²) in [6.07, 6.45) is 3.37. The summed E-state index contributed by atoms with van der Waals surface area (Å²) in [5, 5.41) is 3.22. The Morgan fingerprint density at radius 2 is 1.82 bits per heavy atom. The van der Waals surface area contributed by atoms with E-state index in [2.05, 4.69) is 27.1 Å². The molecule has 0 unspecified atom stereocenters. The number of nitrogens with one attached hydrogen (secondary N) is 1. The zero-order valence-corrected chi connectivity index (χ0v) is 16.6. The Morgan fingerprint density at radius 1 is 1.11 bits per heavy atom. The molecule has 150 valence electrons. The fourth-order valence-electron chi connectivity index (χ4n) is 3.31. The van der Waals surface area contributed by atoms with Crippen molar-refractivity contribution in [3.05, 3.63) is 47.5 Å². The lowest BCUT2D eigenvalue weighted by molar-refractivity contribution is 0.0740. The number of halogens is 1. The van der Waals surface area contributed by atoms with Gasteiger partial charge in [0.1, 0.15) is 11.5 Å². The molecule has 0 atom stereocenters. The van der Waals surface area contributed by atoms with Crippen molar-refractivity contribution < 1.29 is 9.18 Å². The van der Waals surface area contributed by atoms with Gasteiger partial charge in [0.25, 0.3) is 5.91 Å². The Bertz CT molecular complexity index is 788. The number of unbranched alkanes of at least 4 members (excludes halogenated alkanes) is 2. The molecule has 28 heavy (non-hydrogen) atoms. The summed E-state index contributed by atoms with van der Waals surface area (Å²) in [5.74, 6) is 0.209. The van der Waals surface area contributed by atoms with Crippen LogP contribution < -0.4 is 10.2 Å². The number of rotatable bonds is 7. The molecule has 0 aliphatic carbocycles. The van der Waals surface area contributed by atoms with E-state index in [1.165, 1.54) is 12.1 Å². The van der Waals surface area contributed by atoms with Crippen molar-refractivity contribution in [3.63, 3.8) is 0 Å². The van der Waals surface area contributed by atoms with Gasteiger partial charge in [0.2, 0.25) is 5.95 Å². The lowest BCUT2D eigenvalue weighted by atomic mass is 10.2. The predicted octanol–water partition coefficient (Wildman–Crippen LogP) is 3.49. The standard InChI is InChI=1S/C21H28FN5O/c1-3-4-5-10-23-21-24-16(2)15-19(25-21)20(28)27-13-11-26(12-14-27)18-8-6-17(22)7-9-18/h6-9,15H,3-5,10-14H2,1-2H3,(H,23,24,25). The van der Waals surface area contributed by atoms with Crippen LogP contribution in [0.15, 0.2) is 30.3 Å². The Morgan fingerprint density at radius 3 is 2.50 bits per heavy atom. The summed E-state index contributed by atoms with van der Waals surface area (Å²) >= 11 is 0. The van der Waals surface area contributed by atoms with Crippen molar-refractivity contribution in [1.29, 1.82) is 0 Å². The van der Waals surface area contributed by atoms with E-state index in [-0.39, 0.29) is 11.7 Å². The van der Waals surface area contributed by atoms with Gasteiger partial charge in [-0.05, 0) is 43.7 Å². The first-order chi connectivity index (χ1) is 13.6. The summed E-state index contributed by atoms with van der Waals surface area (Å²) in [7, 11) is 0. The number of hydrogen-bond acceptors (Lipinski definition) is 5. The van der Waals surface area contributed by atoms with Crippen LogP contribution >= 0.6 is 0 Å². The number of carbonyl (C=O) groups excluding carboxylic acids is 1. The fourth-order valence-corrected chi connectivity index (χ4v) is 3.31.